The summed E-state index contributed by atoms with van der Waals surface area (Å²) < 4.78 is 1.05. The Kier molecular flexibility index (Phi) is 2.76. The summed E-state index contributed by atoms with van der Waals surface area (Å²) in [4.78, 5) is 2.14. The van der Waals surface area contributed by atoms with Gasteiger partial charge in [-0.15, -0.1) is 0 Å². The van der Waals surface area contributed by atoms with Crippen molar-refractivity contribution in [1.29, 1.82) is 0 Å². The van der Waals surface area contributed by atoms with Gasteiger partial charge in [-0.05, 0) is 17.7 Å². The summed E-state index contributed by atoms with van der Waals surface area (Å²) >= 11 is 3.43. The molecule has 1 aliphatic rings. The van der Waals surface area contributed by atoms with Gasteiger partial charge in [0.1, 0.15) is 0 Å². The lowest BCUT2D eigenvalue weighted by atomic mass is 10.1. The van der Waals surface area contributed by atoms with Gasteiger partial charge < -0.3 is 15.7 Å². The van der Waals surface area contributed by atoms with Gasteiger partial charge in [-0.3, -0.25) is 0 Å². The van der Waals surface area contributed by atoms with Crippen LogP contribution in [-0.4, -0.2) is 24.3 Å². The maximum absolute atomic E-state index is 9.23. The van der Waals surface area contributed by atoms with E-state index in [4.69, 9.17) is 5.73 Å². The molecule has 0 unspecified atom stereocenters. The van der Waals surface area contributed by atoms with E-state index < -0.39 is 0 Å². The van der Waals surface area contributed by atoms with Gasteiger partial charge in [0.05, 0.1) is 6.10 Å². The first-order chi connectivity index (χ1) is 6.70. The van der Waals surface area contributed by atoms with Crippen LogP contribution in [0.3, 0.4) is 0 Å². The number of hydrogen-bond acceptors (Lipinski definition) is 3. The number of anilines is 1. The van der Waals surface area contributed by atoms with Crippen molar-refractivity contribution in [2.75, 3.05) is 18.0 Å². The molecule has 1 saturated heterocycles. The van der Waals surface area contributed by atoms with Crippen LogP contribution < -0.4 is 10.6 Å². The van der Waals surface area contributed by atoms with Gasteiger partial charge in [0.25, 0.3) is 0 Å². The first-order valence-electron chi connectivity index (χ1n) is 4.62. The lowest BCUT2D eigenvalue weighted by Gasteiger charge is -2.39. The summed E-state index contributed by atoms with van der Waals surface area (Å²) in [6.45, 7) is 1.96. The van der Waals surface area contributed by atoms with E-state index >= 15 is 0 Å². The average molecular weight is 257 g/mol. The number of nitrogens with zero attached hydrogens (tertiary/aromatic N) is 1. The molecule has 0 atom stereocenters. The maximum Gasteiger partial charge on any atom is 0.0889 e. The summed E-state index contributed by atoms with van der Waals surface area (Å²) in [5, 5.41) is 9.23. The number of benzene rings is 1. The summed E-state index contributed by atoms with van der Waals surface area (Å²) in [6, 6.07) is 6.06. The van der Waals surface area contributed by atoms with Crippen molar-refractivity contribution >= 4 is 21.6 Å². The average Bonchev–Trinajstić information content (AvgIpc) is 2.13. The predicted molar refractivity (Wildman–Crippen MR) is 60.3 cm³/mol. The molecule has 0 saturated carbocycles. The highest BCUT2D eigenvalue weighted by Gasteiger charge is 2.25. The number of halogens is 1. The molecule has 0 bridgehead atoms. The number of rotatable bonds is 2. The largest absolute Gasteiger partial charge is 0.389 e. The lowest BCUT2D eigenvalue weighted by Crippen LogP contribution is -2.51. The molecule has 1 heterocycles. The van der Waals surface area contributed by atoms with E-state index in [9.17, 15) is 5.11 Å². The molecule has 0 aliphatic carbocycles. The zero-order valence-corrected chi connectivity index (χ0v) is 9.37. The van der Waals surface area contributed by atoms with E-state index in [1.165, 1.54) is 0 Å². The normalized spacial score (nSPS) is 16.9. The Balaban J connectivity index is 2.26. The van der Waals surface area contributed by atoms with Crippen LogP contribution in [0, 0.1) is 0 Å². The van der Waals surface area contributed by atoms with Crippen molar-refractivity contribution in [1.82, 2.24) is 0 Å². The fraction of sp³-hybridized carbons (Fsp3) is 0.400. The number of nitrogens with two attached hydrogens (primary N) is 1. The molecule has 1 aliphatic heterocycles. The quantitative estimate of drug-likeness (QED) is 0.833. The minimum absolute atomic E-state index is 0.181. The standard InChI is InChI=1S/C10H13BrN2O/c11-8-2-1-7(4-12)10(3-8)13-5-9(14)6-13/h1-3,9,14H,4-6,12H2. The van der Waals surface area contributed by atoms with Crippen molar-refractivity contribution in [2.45, 2.75) is 12.6 Å². The molecule has 0 amide bonds. The Morgan fingerprint density at radius 1 is 1.50 bits per heavy atom. The Morgan fingerprint density at radius 3 is 2.79 bits per heavy atom. The molecule has 76 valence electrons. The molecule has 3 N–H and O–H groups in total. The smallest absolute Gasteiger partial charge is 0.0889 e. The third kappa shape index (κ3) is 1.78. The second-order valence-electron chi connectivity index (χ2n) is 3.54. The van der Waals surface area contributed by atoms with E-state index in [-0.39, 0.29) is 6.10 Å². The molecule has 1 fully saturated rings. The Hall–Kier alpha value is -0.580. The van der Waals surface area contributed by atoms with Crippen molar-refractivity contribution in [2.24, 2.45) is 5.73 Å². The van der Waals surface area contributed by atoms with E-state index in [0.717, 1.165) is 15.7 Å². The third-order valence-electron chi connectivity index (χ3n) is 2.47. The van der Waals surface area contributed by atoms with Crippen LogP contribution in [0.1, 0.15) is 5.56 Å². The fourth-order valence-corrected chi connectivity index (χ4v) is 2.01. The van der Waals surface area contributed by atoms with Gasteiger partial charge in [-0.2, -0.15) is 0 Å². The van der Waals surface area contributed by atoms with Crippen LogP contribution in [0.5, 0.6) is 0 Å². The minimum atomic E-state index is -0.181. The molecule has 0 radical (unpaired) electrons. The zero-order valence-electron chi connectivity index (χ0n) is 7.78. The maximum atomic E-state index is 9.23. The molecular formula is C10H13BrN2O. The van der Waals surface area contributed by atoms with Crippen molar-refractivity contribution in [3.05, 3.63) is 28.2 Å². The fourth-order valence-electron chi connectivity index (χ4n) is 1.66. The first kappa shape index (κ1) is 9.96. The minimum Gasteiger partial charge on any atom is -0.389 e. The van der Waals surface area contributed by atoms with E-state index in [2.05, 4.69) is 20.8 Å². The number of hydrogen-bond donors (Lipinski definition) is 2. The molecule has 1 aromatic rings. The van der Waals surface area contributed by atoms with Crippen LogP contribution in [0.15, 0.2) is 22.7 Å². The van der Waals surface area contributed by atoms with E-state index in [0.29, 0.717) is 19.6 Å². The molecule has 14 heavy (non-hydrogen) atoms. The van der Waals surface area contributed by atoms with Gasteiger partial charge in [-0.1, -0.05) is 22.0 Å². The number of aliphatic hydroxyl groups is 1. The number of aliphatic hydroxyl groups excluding tert-OH is 1. The van der Waals surface area contributed by atoms with Gasteiger partial charge >= 0.3 is 0 Å². The van der Waals surface area contributed by atoms with Crippen molar-refractivity contribution in [3.8, 4) is 0 Å². The van der Waals surface area contributed by atoms with Crippen LogP contribution in [0.2, 0.25) is 0 Å². The zero-order chi connectivity index (χ0) is 10.1. The van der Waals surface area contributed by atoms with Crippen LogP contribution in [0.4, 0.5) is 5.69 Å². The topological polar surface area (TPSA) is 49.5 Å². The van der Waals surface area contributed by atoms with Crippen molar-refractivity contribution < 1.29 is 5.11 Å². The molecule has 0 spiro atoms. The highest BCUT2D eigenvalue weighted by atomic mass is 79.9. The molecule has 4 heteroatoms. The van der Waals surface area contributed by atoms with Crippen LogP contribution in [-0.2, 0) is 6.54 Å². The molecule has 1 aromatic carbocycles. The Bertz CT molecular complexity index is 337. The van der Waals surface area contributed by atoms with Gasteiger partial charge in [0.2, 0.25) is 0 Å². The van der Waals surface area contributed by atoms with E-state index in [1.54, 1.807) is 0 Å². The van der Waals surface area contributed by atoms with Crippen LogP contribution in [0.25, 0.3) is 0 Å². The lowest BCUT2D eigenvalue weighted by molar-refractivity contribution is 0.142. The first-order valence-corrected chi connectivity index (χ1v) is 5.41. The van der Waals surface area contributed by atoms with Gasteiger partial charge in [0, 0.05) is 29.8 Å². The Morgan fingerprint density at radius 2 is 2.21 bits per heavy atom. The second kappa shape index (κ2) is 3.88. The highest BCUT2D eigenvalue weighted by Crippen LogP contribution is 2.28. The second-order valence-corrected chi connectivity index (χ2v) is 4.45. The highest BCUT2D eigenvalue weighted by molar-refractivity contribution is 9.10. The predicted octanol–water partition coefficient (Wildman–Crippen LogP) is 1.09. The summed E-state index contributed by atoms with van der Waals surface area (Å²) in [5.41, 5.74) is 7.90. The monoisotopic (exact) mass is 256 g/mol. The number of β-amino-alcohol motifs (C(OH)–C–C–N with tert-alkyl or cyclic N) is 1. The molecular weight excluding hydrogens is 244 g/mol. The molecule has 0 aromatic heterocycles. The summed E-state index contributed by atoms with van der Waals surface area (Å²) in [6.07, 6.45) is -0.181. The third-order valence-corrected chi connectivity index (χ3v) is 2.96. The molecule has 2 rings (SSSR count). The van der Waals surface area contributed by atoms with Crippen LogP contribution >= 0.6 is 15.9 Å². The van der Waals surface area contributed by atoms with Crippen molar-refractivity contribution in [3.63, 3.8) is 0 Å². The van der Waals surface area contributed by atoms with Gasteiger partial charge in [0.15, 0.2) is 0 Å². The SMILES string of the molecule is NCc1ccc(Br)cc1N1CC(O)C1. The molecule has 3 nitrogen and oxygen atoms in total. The van der Waals surface area contributed by atoms with E-state index in [1.807, 2.05) is 18.2 Å². The summed E-state index contributed by atoms with van der Waals surface area (Å²) in [5.74, 6) is 0. The Labute approximate surface area is 91.6 Å². The van der Waals surface area contributed by atoms with Gasteiger partial charge in [-0.25, -0.2) is 0 Å². The summed E-state index contributed by atoms with van der Waals surface area (Å²) in [7, 11) is 0.